The second-order valence-electron chi connectivity index (χ2n) is 5.18. The maximum Gasteiger partial charge on any atom is 0.357 e. The van der Waals surface area contributed by atoms with Gasteiger partial charge < -0.3 is 4.84 Å². The Kier molecular flexibility index (Phi) is 5.56. The fourth-order valence-corrected chi connectivity index (χ4v) is 2.71. The number of hydrogen-bond acceptors (Lipinski definition) is 4. The molecule has 1 heterocycles. The van der Waals surface area contributed by atoms with Crippen molar-refractivity contribution in [3.05, 3.63) is 35.9 Å². The van der Waals surface area contributed by atoms with Crippen LogP contribution in [0.4, 0.5) is 0 Å². The second kappa shape index (κ2) is 7.41. The van der Waals surface area contributed by atoms with E-state index in [9.17, 15) is 4.79 Å². The summed E-state index contributed by atoms with van der Waals surface area (Å²) in [5.41, 5.74) is 0.606. The van der Waals surface area contributed by atoms with Gasteiger partial charge in [-0.1, -0.05) is 32.0 Å². The zero-order valence-corrected chi connectivity index (χ0v) is 12.4. The molecule has 0 spiro atoms. The number of benzene rings is 1. The molecule has 1 fully saturated rings. The van der Waals surface area contributed by atoms with Gasteiger partial charge in [0.1, 0.15) is 0 Å². The molecule has 0 radical (unpaired) electrons. The first-order valence-electron chi connectivity index (χ1n) is 7.51. The average molecular weight is 276 g/mol. The molecule has 4 nitrogen and oxygen atoms in total. The van der Waals surface area contributed by atoms with Crippen LogP contribution in [-0.4, -0.2) is 48.2 Å². The zero-order chi connectivity index (χ0) is 14.4. The lowest BCUT2D eigenvalue weighted by molar-refractivity contribution is -0.133. The van der Waals surface area contributed by atoms with Crippen molar-refractivity contribution in [2.45, 2.75) is 32.7 Å². The van der Waals surface area contributed by atoms with E-state index in [1.165, 1.54) is 12.8 Å². The van der Waals surface area contributed by atoms with E-state index in [0.29, 0.717) is 11.6 Å². The van der Waals surface area contributed by atoms with Crippen LogP contribution in [0.15, 0.2) is 30.3 Å². The van der Waals surface area contributed by atoms with Crippen molar-refractivity contribution in [1.29, 1.82) is 0 Å². The van der Waals surface area contributed by atoms with Crippen molar-refractivity contribution >= 4 is 5.97 Å². The summed E-state index contributed by atoms with van der Waals surface area (Å²) in [6.45, 7) is 7.97. The zero-order valence-electron chi connectivity index (χ0n) is 12.4. The fourth-order valence-electron chi connectivity index (χ4n) is 2.71. The average Bonchev–Trinajstić information content (AvgIpc) is 2.51. The predicted octanol–water partition coefficient (Wildman–Crippen LogP) is 2.56. The van der Waals surface area contributed by atoms with Gasteiger partial charge in [-0.25, -0.2) is 4.79 Å². The van der Waals surface area contributed by atoms with Crippen molar-refractivity contribution in [2.75, 3.05) is 26.2 Å². The molecule has 0 aromatic heterocycles. The van der Waals surface area contributed by atoms with Crippen molar-refractivity contribution in [1.82, 2.24) is 9.96 Å². The Labute approximate surface area is 121 Å². The molecule has 2 rings (SSSR count). The normalized spacial score (nSPS) is 17.4. The third-order valence-electron chi connectivity index (χ3n) is 3.95. The molecule has 4 heteroatoms. The first-order chi connectivity index (χ1) is 9.74. The molecule has 0 amide bonds. The highest BCUT2D eigenvalue weighted by molar-refractivity contribution is 5.89. The topological polar surface area (TPSA) is 32.8 Å². The van der Waals surface area contributed by atoms with Crippen LogP contribution in [0.25, 0.3) is 0 Å². The maximum absolute atomic E-state index is 12.0. The molecule has 0 aliphatic carbocycles. The Morgan fingerprint density at radius 1 is 1.10 bits per heavy atom. The highest BCUT2D eigenvalue weighted by Gasteiger charge is 2.24. The Balaban J connectivity index is 1.81. The number of hydroxylamine groups is 2. The second-order valence-corrected chi connectivity index (χ2v) is 5.18. The van der Waals surface area contributed by atoms with E-state index in [2.05, 4.69) is 18.7 Å². The van der Waals surface area contributed by atoms with E-state index in [4.69, 9.17) is 4.84 Å². The summed E-state index contributed by atoms with van der Waals surface area (Å²) in [4.78, 5) is 19.9. The van der Waals surface area contributed by atoms with Gasteiger partial charge in [-0.05, 0) is 25.0 Å². The number of hydrogen-bond donors (Lipinski definition) is 0. The highest BCUT2D eigenvalue weighted by atomic mass is 16.7. The highest BCUT2D eigenvalue weighted by Crippen LogP contribution is 2.13. The van der Waals surface area contributed by atoms with Gasteiger partial charge in [-0.3, -0.25) is 4.90 Å². The number of nitrogens with zero attached hydrogens (tertiary/aromatic N) is 2. The summed E-state index contributed by atoms with van der Waals surface area (Å²) < 4.78 is 0. The van der Waals surface area contributed by atoms with Crippen molar-refractivity contribution in [2.24, 2.45) is 0 Å². The molecular weight excluding hydrogens is 252 g/mol. The van der Waals surface area contributed by atoms with Gasteiger partial charge in [0.25, 0.3) is 0 Å². The molecule has 1 aromatic rings. The Morgan fingerprint density at radius 2 is 1.70 bits per heavy atom. The largest absolute Gasteiger partial charge is 0.364 e. The van der Waals surface area contributed by atoms with Crippen LogP contribution in [-0.2, 0) is 4.84 Å². The number of carbonyl (C=O) groups is 1. The van der Waals surface area contributed by atoms with E-state index in [0.717, 1.165) is 26.2 Å². The molecule has 1 aliphatic rings. The Morgan fingerprint density at radius 3 is 2.25 bits per heavy atom. The van der Waals surface area contributed by atoms with Gasteiger partial charge in [-0.15, -0.1) is 5.06 Å². The lowest BCUT2D eigenvalue weighted by atomic mass is 10.1. The van der Waals surface area contributed by atoms with Gasteiger partial charge in [0.05, 0.1) is 5.56 Å². The SMILES string of the molecule is CCC(CC)N1CCN(OC(=O)c2ccccc2)CC1. The first kappa shape index (κ1) is 15.0. The molecule has 1 saturated heterocycles. The molecule has 110 valence electrons. The first-order valence-corrected chi connectivity index (χ1v) is 7.51. The predicted molar refractivity (Wildman–Crippen MR) is 79.4 cm³/mol. The molecule has 0 N–H and O–H groups in total. The molecule has 0 unspecified atom stereocenters. The van der Waals surface area contributed by atoms with Gasteiger partial charge >= 0.3 is 5.97 Å². The number of piperazine rings is 1. The lowest BCUT2D eigenvalue weighted by Crippen LogP contribution is -2.50. The molecule has 1 aromatic carbocycles. The minimum Gasteiger partial charge on any atom is -0.364 e. The quantitative estimate of drug-likeness (QED) is 0.827. The third-order valence-corrected chi connectivity index (χ3v) is 3.95. The van der Waals surface area contributed by atoms with Crippen LogP contribution in [0.5, 0.6) is 0 Å². The third kappa shape index (κ3) is 3.81. The summed E-state index contributed by atoms with van der Waals surface area (Å²) in [5, 5.41) is 1.79. The molecule has 1 aliphatic heterocycles. The molecule has 0 bridgehead atoms. The van der Waals surface area contributed by atoms with E-state index >= 15 is 0 Å². The summed E-state index contributed by atoms with van der Waals surface area (Å²) in [5.74, 6) is -0.262. The molecular formula is C16H24N2O2. The van der Waals surface area contributed by atoms with Gasteiger partial charge in [0, 0.05) is 32.2 Å². The lowest BCUT2D eigenvalue weighted by Gasteiger charge is -2.37. The van der Waals surface area contributed by atoms with Crippen LogP contribution < -0.4 is 0 Å². The van der Waals surface area contributed by atoms with Gasteiger partial charge in [0.15, 0.2) is 0 Å². The van der Waals surface area contributed by atoms with Crippen LogP contribution >= 0.6 is 0 Å². The number of rotatable bonds is 5. The minimum absolute atomic E-state index is 0.262. The van der Waals surface area contributed by atoms with Crippen LogP contribution in [0, 0.1) is 0 Å². The Bertz CT molecular complexity index is 410. The van der Waals surface area contributed by atoms with E-state index in [1.807, 2.05) is 18.2 Å². The van der Waals surface area contributed by atoms with Gasteiger partial charge in [0.2, 0.25) is 0 Å². The standard InChI is InChI=1S/C16H24N2O2/c1-3-15(4-2)17-10-12-18(13-11-17)20-16(19)14-8-6-5-7-9-14/h5-9,15H,3-4,10-13H2,1-2H3. The van der Waals surface area contributed by atoms with Crippen molar-refractivity contribution < 1.29 is 9.63 Å². The van der Waals surface area contributed by atoms with E-state index in [-0.39, 0.29) is 5.97 Å². The summed E-state index contributed by atoms with van der Waals surface area (Å²) in [7, 11) is 0. The smallest absolute Gasteiger partial charge is 0.357 e. The summed E-state index contributed by atoms with van der Waals surface area (Å²) in [6, 6.07) is 9.81. The van der Waals surface area contributed by atoms with Crippen molar-refractivity contribution in [3.63, 3.8) is 0 Å². The summed E-state index contributed by atoms with van der Waals surface area (Å²) in [6.07, 6.45) is 2.36. The minimum atomic E-state index is -0.262. The number of carbonyl (C=O) groups excluding carboxylic acids is 1. The monoisotopic (exact) mass is 276 g/mol. The van der Waals surface area contributed by atoms with E-state index < -0.39 is 0 Å². The molecule has 20 heavy (non-hydrogen) atoms. The van der Waals surface area contributed by atoms with Crippen LogP contribution in [0.2, 0.25) is 0 Å². The maximum atomic E-state index is 12.0. The van der Waals surface area contributed by atoms with Crippen LogP contribution in [0.3, 0.4) is 0 Å². The van der Waals surface area contributed by atoms with E-state index in [1.54, 1.807) is 17.2 Å². The molecule has 0 saturated carbocycles. The van der Waals surface area contributed by atoms with Crippen molar-refractivity contribution in [3.8, 4) is 0 Å². The summed E-state index contributed by atoms with van der Waals surface area (Å²) >= 11 is 0. The van der Waals surface area contributed by atoms with Crippen LogP contribution in [0.1, 0.15) is 37.0 Å². The van der Waals surface area contributed by atoms with Gasteiger partial charge in [-0.2, -0.15) is 0 Å². The Hall–Kier alpha value is -1.39. The molecule has 0 atom stereocenters. The fraction of sp³-hybridized carbons (Fsp3) is 0.562.